The molecule has 1 aliphatic rings. The maximum absolute atomic E-state index is 11.8. The molecule has 0 atom stereocenters. The first-order chi connectivity index (χ1) is 10.7. The number of rotatable bonds is 3. The highest BCUT2D eigenvalue weighted by molar-refractivity contribution is 6.34. The second-order valence-corrected chi connectivity index (χ2v) is 5.02. The van der Waals surface area contributed by atoms with Gasteiger partial charge in [0.25, 0.3) is 0 Å². The van der Waals surface area contributed by atoms with Gasteiger partial charge in [0.1, 0.15) is 0 Å². The zero-order chi connectivity index (χ0) is 15.4. The Bertz CT molecular complexity index is 792. The van der Waals surface area contributed by atoms with E-state index in [1.54, 1.807) is 24.3 Å². The molecule has 0 N–H and O–H groups in total. The Kier molecular flexibility index (Phi) is 4.17. The lowest BCUT2D eigenvalue weighted by atomic mass is 10.2. The molecule has 1 aliphatic heterocycles. The largest absolute Gasteiger partial charge is 0.402 e. The van der Waals surface area contributed by atoms with E-state index in [1.807, 2.05) is 48.5 Å². The number of cyclic esters (lactones) is 1. The number of nitrogens with zero attached hydrogens (tertiary/aromatic N) is 1. The Labute approximate surface area is 133 Å². The molecule has 0 unspecified atom stereocenters. The van der Waals surface area contributed by atoms with Crippen molar-refractivity contribution in [2.45, 2.75) is 0 Å². The molecule has 0 radical (unpaired) electrons. The summed E-state index contributed by atoms with van der Waals surface area (Å²) in [7, 11) is 0. The van der Waals surface area contributed by atoms with Gasteiger partial charge in [-0.15, -0.1) is 0 Å². The summed E-state index contributed by atoms with van der Waals surface area (Å²) in [4.78, 5) is 16.0. The quantitative estimate of drug-likeness (QED) is 0.628. The summed E-state index contributed by atoms with van der Waals surface area (Å²) < 4.78 is 5.17. The average Bonchev–Trinajstić information content (AvgIpc) is 2.90. The number of hydrogen-bond donors (Lipinski definition) is 0. The molecule has 0 aromatic heterocycles. The monoisotopic (exact) mass is 309 g/mol. The Morgan fingerprint density at radius 2 is 1.73 bits per heavy atom. The van der Waals surface area contributed by atoms with Gasteiger partial charge in [-0.3, -0.25) is 0 Å². The summed E-state index contributed by atoms with van der Waals surface area (Å²) in [5, 5.41) is 0.495. The number of hydrogen-bond acceptors (Lipinski definition) is 3. The highest BCUT2D eigenvalue weighted by Crippen LogP contribution is 2.22. The van der Waals surface area contributed by atoms with E-state index in [-0.39, 0.29) is 11.6 Å². The third-order valence-corrected chi connectivity index (χ3v) is 3.40. The summed E-state index contributed by atoms with van der Waals surface area (Å²) in [5.41, 5.74) is 1.90. The van der Waals surface area contributed by atoms with E-state index in [2.05, 4.69) is 4.99 Å². The maximum Gasteiger partial charge on any atom is 0.363 e. The second kappa shape index (κ2) is 6.41. The number of carbonyl (C=O) groups is 1. The highest BCUT2D eigenvalue weighted by Gasteiger charge is 2.24. The minimum absolute atomic E-state index is 0.231. The molecule has 2 aromatic carbocycles. The van der Waals surface area contributed by atoms with Crippen LogP contribution in [0.5, 0.6) is 0 Å². The van der Waals surface area contributed by atoms with Gasteiger partial charge in [-0.05, 0) is 23.8 Å². The van der Waals surface area contributed by atoms with E-state index in [9.17, 15) is 4.79 Å². The molecule has 0 fully saturated rings. The lowest BCUT2D eigenvalue weighted by Gasteiger charge is -2.00. The summed E-state index contributed by atoms with van der Waals surface area (Å²) in [6, 6.07) is 16.9. The zero-order valence-electron chi connectivity index (χ0n) is 11.6. The number of benzene rings is 2. The van der Waals surface area contributed by atoms with Gasteiger partial charge in [0.05, 0.1) is 10.6 Å². The smallest absolute Gasteiger partial charge is 0.363 e. The molecule has 0 spiro atoms. The molecule has 0 saturated heterocycles. The summed E-state index contributed by atoms with van der Waals surface area (Å²) >= 11 is 6.08. The fraction of sp³-hybridized carbons (Fsp3) is 0. The van der Waals surface area contributed by atoms with Crippen molar-refractivity contribution in [3.63, 3.8) is 0 Å². The van der Waals surface area contributed by atoms with Gasteiger partial charge in [0.15, 0.2) is 5.70 Å². The summed E-state index contributed by atoms with van der Waals surface area (Å²) in [6.45, 7) is 0. The lowest BCUT2D eigenvalue weighted by Crippen LogP contribution is -2.05. The number of esters is 1. The third-order valence-electron chi connectivity index (χ3n) is 3.07. The maximum atomic E-state index is 11.8. The van der Waals surface area contributed by atoms with Crippen LogP contribution in [0, 0.1) is 0 Å². The van der Waals surface area contributed by atoms with Crippen LogP contribution in [0.25, 0.3) is 6.08 Å². The third kappa shape index (κ3) is 3.15. The van der Waals surface area contributed by atoms with Crippen molar-refractivity contribution in [2.75, 3.05) is 0 Å². The summed E-state index contributed by atoms with van der Waals surface area (Å²) in [5.74, 6) is -0.248. The van der Waals surface area contributed by atoms with Gasteiger partial charge >= 0.3 is 5.97 Å². The molecule has 4 heteroatoms. The minimum atomic E-state index is -0.479. The van der Waals surface area contributed by atoms with Crippen LogP contribution in [0.4, 0.5) is 0 Å². The predicted molar refractivity (Wildman–Crippen MR) is 87.6 cm³/mol. The van der Waals surface area contributed by atoms with Crippen LogP contribution in [0.2, 0.25) is 5.02 Å². The fourth-order valence-electron chi connectivity index (χ4n) is 1.99. The molecule has 3 rings (SSSR count). The first-order valence-electron chi connectivity index (χ1n) is 6.73. The molecule has 1 heterocycles. The van der Waals surface area contributed by atoms with E-state index in [0.29, 0.717) is 10.6 Å². The number of aliphatic imine (C=N–C) groups is 1. The normalized spacial score (nSPS) is 16.1. The first-order valence-corrected chi connectivity index (χ1v) is 7.11. The molecule has 0 saturated carbocycles. The van der Waals surface area contributed by atoms with Crippen LogP contribution < -0.4 is 0 Å². The zero-order valence-corrected chi connectivity index (χ0v) is 12.3. The second-order valence-electron chi connectivity index (χ2n) is 4.61. The van der Waals surface area contributed by atoms with Crippen LogP contribution in [0.3, 0.4) is 0 Å². The van der Waals surface area contributed by atoms with Crippen molar-refractivity contribution in [3.8, 4) is 0 Å². The number of halogens is 1. The molecule has 3 nitrogen and oxygen atoms in total. The van der Waals surface area contributed by atoms with Crippen molar-refractivity contribution >= 4 is 29.5 Å². The average molecular weight is 310 g/mol. The number of carbonyl (C=O) groups excluding carboxylic acids is 1. The van der Waals surface area contributed by atoms with E-state index in [1.165, 1.54) is 0 Å². The Balaban J connectivity index is 1.83. The van der Waals surface area contributed by atoms with Crippen LogP contribution in [-0.4, -0.2) is 11.9 Å². The van der Waals surface area contributed by atoms with Crippen LogP contribution in [-0.2, 0) is 9.53 Å². The standard InChI is InChI=1S/C18H12ClNO2/c19-15-11-5-4-10-14(15)17-20-16(18(21)22-17)12-6-9-13-7-2-1-3-8-13/h1-12H/b9-6+,16-12+. The van der Waals surface area contributed by atoms with Crippen LogP contribution in [0.15, 0.2) is 77.4 Å². The van der Waals surface area contributed by atoms with Crippen molar-refractivity contribution in [2.24, 2.45) is 4.99 Å². The Hall–Kier alpha value is -2.65. The number of ether oxygens (including phenoxy) is 1. The molecule has 22 heavy (non-hydrogen) atoms. The molecule has 0 bridgehead atoms. The van der Waals surface area contributed by atoms with Gasteiger partial charge in [-0.25, -0.2) is 9.79 Å². The fourth-order valence-corrected chi connectivity index (χ4v) is 2.20. The SMILES string of the molecule is O=C1OC(c2ccccc2Cl)=N/C1=C/C=C/c1ccccc1. The van der Waals surface area contributed by atoms with Crippen molar-refractivity contribution in [1.29, 1.82) is 0 Å². The minimum Gasteiger partial charge on any atom is -0.402 e. The van der Waals surface area contributed by atoms with Crippen molar-refractivity contribution < 1.29 is 9.53 Å². The van der Waals surface area contributed by atoms with E-state index < -0.39 is 5.97 Å². The Morgan fingerprint density at radius 3 is 2.50 bits per heavy atom. The van der Waals surface area contributed by atoms with E-state index >= 15 is 0 Å². The topological polar surface area (TPSA) is 38.7 Å². The van der Waals surface area contributed by atoms with E-state index in [0.717, 1.165) is 5.56 Å². The lowest BCUT2D eigenvalue weighted by molar-refractivity contribution is -0.130. The molecule has 2 aromatic rings. The summed E-state index contributed by atoms with van der Waals surface area (Å²) in [6.07, 6.45) is 5.29. The Morgan fingerprint density at radius 1 is 1.00 bits per heavy atom. The van der Waals surface area contributed by atoms with Gasteiger partial charge in [0.2, 0.25) is 5.90 Å². The van der Waals surface area contributed by atoms with Gasteiger partial charge in [0, 0.05) is 0 Å². The molecular weight excluding hydrogens is 298 g/mol. The van der Waals surface area contributed by atoms with Gasteiger partial charge in [-0.2, -0.15) is 0 Å². The first kappa shape index (κ1) is 14.3. The van der Waals surface area contributed by atoms with Gasteiger partial charge in [-0.1, -0.05) is 66.2 Å². The molecule has 0 aliphatic carbocycles. The van der Waals surface area contributed by atoms with Crippen molar-refractivity contribution in [3.05, 3.63) is 88.6 Å². The number of allylic oxidation sites excluding steroid dienone is 2. The van der Waals surface area contributed by atoms with Crippen LogP contribution in [0.1, 0.15) is 11.1 Å². The van der Waals surface area contributed by atoms with Gasteiger partial charge < -0.3 is 4.74 Å². The molecule has 0 amide bonds. The predicted octanol–water partition coefficient (Wildman–Crippen LogP) is 4.24. The molecule has 108 valence electrons. The van der Waals surface area contributed by atoms with Crippen LogP contribution >= 0.6 is 11.6 Å². The highest BCUT2D eigenvalue weighted by atomic mass is 35.5. The van der Waals surface area contributed by atoms with Crippen molar-refractivity contribution in [1.82, 2.24) is 0 Å². The van der Waals surface area contributed by atoms with E-state index in [4.69, 9.17) is 16.3 Å². The molecular formula is C18H12ClNO2.